The van der Waals surface area contributed by atoms with Crippen LogP contribution < -0.4 is 0 Å². The summed E-state index contributed by atoms with van der Waals surface area (Å²) in [7, 11) is 0. The summed E-state index contributed by atoms with van der Waals surface area (Å²) in [5.41, 5.74) is 0.959. The van der Waals surface area contributed by atoms with E-state index in [1.807, 2.05) is 30.3 Å². The van der Waals surface area contributed by atoms with Crippen molar-refractivity contribution >= 4 is 11.8 Å². The van der Waals surface area contributed by atoms with Gasteiger partial charge in [0, 0.05) is 6.61 Å². The van der Waals surface area contributed by atoms with Crippen molar-refractivity contribution in [1.82, 2.24) is 4.90 Å². The number of unbranched alkanes of at least 4 members (excludes halogenated alkanes) is 2. The molecule has 0 aromatic heterocycles. The first-order valence-corrected chi connectivity index (χ1v) is 7.22. The number of rotatable bonds is 7. The molecule has 1 fully saturated rings. The van der Waals surface area contributed by atoms with Gasteiger partial charge in [0.1, 0.15) is 6.10 Å². The second-order valence-electron chi connectivity index (χ2n) is 5.07. The van der Waals surface area contributed by atoms with Crippen LogP contribution in [-0.4, -0.2) is 29.4 Å². The monoisotopic (exact) mass is 275 g/mol. The van der Waals surface area contributed by atoms with Crippen molar-refractivity contribution in [1.29, 1.82) is 0 Å². The highest BCUT2D eigenvalue weighted by Crippen LogP contribution is 2.19. The third-order valence-electron chi connectivity index (χ3n) is 3.45. The van der Waals surface area contributed by atoms with E-state index < -0.39 is 6.10 Å². The smallest absolute Gasteiger partial charge is 0.259 e. The molecule has 0 bridgehead atoms. The van der Waals surface area contributed by atoms with E-state index in [0.29, 0.717) is 13.2 Å². The highest BCUT2D eigenvalue weighted by molar-refractivity contribution is 6.04. The second kappa shape index (κ2) is 7.20. The first-order valence-electron chi connectivity index (χ1n) is 7.22. The Morgan fingerprint density at radius 1 is 1.20 bits per heavy atom. The van der Waals surface area contributed by atoms with Gasteiger partial charge in [0.05, 0.1) is 13.0 Å². The van der Waals surface area contributed by atoms with Crippen LogP contribution in [0.3, 0.4) is 0 Å². The largest absolute Gasteiger partial charge is 0.368 e. The van der Waals surface area contributed by atoms with Crippen molar-refractivity contribution in [3.8, 4) is 0 Å². The molecule has 0 aliphatic carbocycles. The fourth-order valence-corrected chi connectivity index (χ4v) is 2.29. The Balaban J connectivity index is 1.88. The highest BCUT2D eigenvalue weighted by Gasteiger charge is 2.39. The van der Waals surface area contributed by atoms with Crippen LogP contribution in [0.5, 0.6) is 0 Å². The molecule has 0 saturated carbocycles. The van der Waals surface area contributed by atoms with Crippen LogP contribution in [0.25, 0.3) is 0 Å². The zero-order valence-electron chi connectivity index (χ0n) is 11.9. The Kier molecular flexibility index (Phi) is 5.30. The van der Waals surface area contributed by atoms with Crippen LogP contribution in [0.4, 0.5) is 0 Å². The predicted molar refractivity (Wildman–Crippen MR) is 75.9 cm³/mol. The molecule has 0 N–H and O–H groups in total. The van der Waals surface area contributed by atoms with Crippen LogP contribution in [-0.2, 0) is 20.9 Å². The Labute approximate surface area is 119 Å². The summed E-state index contributed by atoms with van der Waals surface area (Å²) in [6.45, 7) is 3.01. The number of ether oxygens (including phenoxy) is 1. The molecule has 4 heteroatoms. The van der Waals surface area contributed by atoms with Gasteiger partial charge in [-0.3, -0.25) is 14.5 Å². The number of nitrogens with zero attached hydrogens (tertiary/aromatic N) is 1. The molecule has 1 aromatic rings. The quantitative estimate of drug-likeness (QED) is 0.567. The van der Waals surface area contributed by atoms with Gasteiger partial charge in [0.25, 0.3) is 5.91 Å². The van der Waals surface area contributed by atoms with Crippen LogP contribution >= 0.6 is 0 Å². The maximum absolute atomic E-state index is 12.2. The average Bonchev–Trinajstić information content (AvgIpc) is 2.72. The maximum atomic E-state index is 12.2. The van der Waals surface area contributed by atoms with E-state index in [-0.39, 0.29) is 18.2 Å². The number of benzene rings is 1. The van der Waals surface area contributed by atoms with Crippen LogP contribution in [0.15, 0.2) is 30.3 Å². The molecule has 2 rings (SSSR count). The zero-order valence-corrected chi connectivity index (χ0v) is 11.9. The highest BCUT2D eigenvalue weighted by atomic mass is 16.5. The maximum Gasteiger partial charge on any atom is 0.259 e. The summed E-state index contributed by atoms with van der Waals surface area (Å²) in [5.74, 6) is -0.338. The lowest BCUT2D eigenvalue weighted by molar-refractivity contribution is -0.142. The van der Waals surface area contributed by atoms with Crippen LogP contribution in [0.2, 0.25) is 0 Å². The number of carbonyl (C=O) groups is 2. The third kappa shape index (κ3) is 3.67. The molecule has 1 atom stereocenters. The molecule has 1 unspecified atom stereocenters. The first-order chi connectivity index (χ1) is 9.72. The molecular formula is C16H21NO3. The lowest BCUT2D eigenvalue weighted by Gasteiger charge is -2.15. The average molecular weight is 275 g/mol. The molecule has 4 nitrogen and oxygen atoms in total. The molecule has 1 aromatic carbocycles. The van der Waals surface area contributed by atoms with E-state index in [1.165, 1.54) is 4.90 Å². The number of hydrogen-bond donors (Lipinski definition) is 0. The Bertz CT molecular complexity index is 458. The third-order valence-corrected chi connectivity index (χ3v) is 3.45. The van der Waals surface area contributed by atoms with E-state index >= 15 is 0 Å². The van der Waals surface area contributed by atoms with Crippen molar-refractivity contribution in [2.75, 3.05) is 6.61 Å². The van der Waals surface area contributed by atoms with Crippen molar-refractivity contribution < 1.29 is 14.3 Å². The standard InChI is InChI=1S/C16H21NO3/c1-2-3-7-10-20-14-11-15(18)17(16(14)19)12-13-8-5-4-6-9-13/h4-6,8-9,14H,2-3,7,10-12H2,1H3. The topological polar surface area (TPSA) is 46.6 Å². The van der Waals surface area contributed by atoms with Crippen molar-refractivity contribution in [2.24, 2.45) is 0 Å². The van der Waals surface area contributed by atoms with Gasteiger partial charge in [-0.25, -0.2) is 0 Å². The fourth-order valence-electron chi connectivity index (χ4n) is 2.29. The van der Waals surface area contributed by atoms with Gasteiger partial charge in [0.2, 0.25) is 5.91 Å². The summed E-state index contributed by atoms with van der Waals surface area (Å²) in [6, 6.07) is 9.54. The Morgan fingerprint density at radius 3 is 2.65 bits per heavy atom. The minimum Gasteiger partial charge on any atom is -0.368 e. The first kappa shape index (κ1) is 14.7. The zero-order chi connectivity index (χ0) is 14.4. The molecule has 20 heavy (non-hydrogen) atoms. The number of carbonyl (C=O) groups excluding carboxylic acids is 2. The van der Waals surface area contributed by atoms with E-state index in [2.05, 4.69) is 6.92 Å². The van der Waals surface area contributed by atoms with Gasteiger partial charge in [-0.2, -0.15) is 0 Å². The molecule has 0 spiro atoms. The second-order valence-corrected chi connectivity index (χ2v) is 5.07. The van der Waals surface area contributed by atoms with Crippen LogP contribution in [0, 0.1) is 0 Å². The van der Waals surface area contributed by atoms with Gasteiger partial charge >= 0.3 is 0 Å². The lowest BCUT2D eigenvalue weighted by atomic mass is 10.2. The van der Waals surface area contributed by atoms with Crippen molar-refractivity contribution in [2.45, 2.75) is 45.3 Å². The molecule has 1 aliphatic heterocycles. The minimum absolute atomic E-state index is 0.139. The summed E-state index contributed by atoms with van der Waals surface area (Å²) in [5, 5.41) is 0. The molecule has 1 aliphatic rings. The number of amides is 2. The Morgan fingerprint density at radius 2 is 1.95 bits per heavy atom. The molecule has 1 heterocycles. The van der Waals surface area contributed by atoms with Gasteiger partial charge in [-0.05, 0) is 12.0 Å². The van der Waals surface area contributed by atoms with E-state index in [4.69, 9.17) is 4.74 Å². The summed E-state index contributed by atoms with van der Waals surface area (Å²) in [4.78, 5) is 25.4. The SMILES string of the molecule is CCCCCOC1CC(=O)N(Cc2ccccc2)C1=O. The van der Waals surface area contributed by atoms with Gasteiger partial charge in [-0.15, -0.1) is 0 Å². The molecular weight excluding hydrogens is 254 g/mol. The number of hydrogen-bond acceptors (Lipinski definition) is 3. The van der Waals surface area contributed by atoms with Gasteiger partial charge in [-0.1, -0.05) is 50.1 Å². The number of likely N-dealkylation sites (tertiary alicyclic amines) is 1. The molecule has 1 saturated heterocycles. The molecule has 2 amide bonds. The summed E-state index contributed by atoms with van der Waals surface area (Å²) < 4.78 is 5.54. The van der Waals surface area contributed by atoms with Crippen molar-refractivity contribution in [3.63, 3.8) is 0 Å². The van der Waals surface area contributed by atoms with E-state index in [9.17, 15) is 9.59 Å². The summed E-state index contributed by atoms with van der Waals surface area (Å²) in [6.07, 6.45) is 2.73. The number of imide groups is 1. The molecule has 108 valence electrons. The Hall–Kier alpha value is -1.68. The lowest BCUT2D eigenvalue weighted by Crippen LogP contribution is -2.32. The predicted octanol–water partition coefficient (Wildman–Crippen LogP) is 2.52. The van der Waals surface area contributed by atoms with Gasteiger partial charge in [0.15, 0.2) is 0 Å². The van der Waals surface area contributed by atoms with Crippen LogP contribution in [0.1, 0.15) is 38.2 Å². The van der Waals surface area contributed by atoms with Gasteiger partial charge < -0.3 is 4.74 Å². The van der Waals surface area contributed by atoms with E-state index in [1.54, 1.807) is 0 Å². The van der Waals surface area contributed by atoms with E-state index in [0.717, 1.165) is 24.8 Å². The fraction of sp³-hybridized carbons (Fsp3) is 0.500. The molecule has 0 radical (unpaired) electrons. The summed E-state index contributed by atoms with van der Waals surface area (Å²) >= 11 is 0. The van der Waals surface area contributed by atoms with Crippen molar-refractivity contribution in [3.05, 3.63) is 35.9 Å². The normalized spacial score (nSPS) is 18.9. The minimum atomic E-state index is -0.580.